The van der Waals surface area contributed by atoms with E-state index in [0.29, 0.717) is 0 Å². The average molecular weight is 271 g/mol. The van der Waals surface area contributed by atoms with E-state index in [1.54, 1.807) is 6.92 Å². The summed E-state index contributed by atoms with van der Waals surface area (Å²) in [6.07, 6.45) is 0.728. The van der Waals surface area contributed by atoms with Gasteiger partial charge in [-0.25, -0.2) is 13.6 Å². The number of halogens is 2. The van der Waals surface area contributed by atoms with E-state index in [-0.39, 0.29) is 18.2 Å². The van der Waals surface area contributed by atoms with Gasteiger partial charge in [0.15, 0.2) is 0 Å². The molecule has 2 atom stereocenters. The highest BCUT2D eigenvalue weighted by molar-refractivity contribution is 5.77. The van der Waals surface area contributed by atoms with Crippen molar-refractivity contribution < 1.29 is 18.3 Å². The number of hydrogen-bond donors (Lipinski definition) is 1. The molecule has 1 N–H and O–H groups in total. The number of hydrogen-bond acceptors (Lipinski definition) is 3. The molecule has 0 radical (unpaired) electrons. The van der Waals surface area contributed by atoms with Gasteiger partial charge in [-0.3, -0.25) is 5.32 Å². The van der Waals surface area contributed by atoms with Crippen molar-refractivity contribution in [2.75, 3.05) is 6.61 Å². The van der Waals surface area contributed by atoms with Gasteiger partial charge in [0.05, 0.1) is 12.2 Å². The third kappa shape index (κ3) is 3.99. The molecule has 0 fully saturated rings. The van der Waals surface area contributed by atoms with Crippen LogP contribution in [0.4, 0.5) is 8.78 Å². The van der Waals surface area contributed by atoms with Gasteiger partial charge in [0.1, 0.15) is 17.7 Å². The minimum absolute atomic E-state index is 0.0617. The molecular weight excluding hydrogens is 252 g/mol. The first-order chi connectivity index (χ1) is 9.01. The lowest BCUT2D eigenvalue weighted by molar-refractivity contribution is -0.146. The fraction of sp³-hybridized carbons (Fsp3) is 0.500. The van der Waals surface area contributed by atoms with Crippen LogP contribution in [-0.4, -0.2) is 18.6 Å². The van der Waals surface area contributed by atoms with Crippen LogP contribution in [0.5, 0.6) is 0 Å². The van der Waals surface area contributed by atoms with E-state index < -0.39 is 23.6 Å². The Kier molecular flexibility index (Phi) is 5.89. The summed E-state index contributed by atoms with van der Waals surface area (Å²) in [5.74, 6) is -2.19. The van der Waals surface area contributed by atoms with Crippen LogP contribution in [0.1, 0.15) is 38.8 Å². The molecule has 5 heteroatoms. The second-order valence-corrected chi connectivity index (χ2v) is 4.30. The fourth-order valence-corrected chi connectivity index (χ4v) is 1.68. The van der Waals surface area contributed by atoms with Gasteiger partial charge in [-0.2, -0.15) is 0 Å². The first kappa shape index (κ1) is 15.6. The maximum atomic E-state index is 13.8. The summed E-state index contributed by atoms with van der Waals surface area (Å²) in [6, 6.07) is 2.33. The quantitative estimate of drug-likeness (QED) is 0.808. The minimum Gasteiger partial charge on any atom is -0.465 e. The molecule has 0 saturated carbocycles. The summed E-state index contributed by atoms with van der Waals surface area (Å²) >= 11 is 0. The normalized spacial score (nSPS) is 13.9. The van der Waals surface area contributed by atoms with E-state index in [1.165, 1.54) is 6.07 Å². The van der Waals surface area contributed by atoms with E-state index in [9.17, 15) is 13.6 Å². The maximum Gasteiger partial charge on any atom is 0.328 e. The Labute approximate surface area is 112 Å². The van der Waals surface area contributed by atoms with Crippen LogP contribution in [0.3, 0.4) is 0 Å². The van der Waals surface area contributed by atoms with Gasteiger partial charge in [-0.1, -0.05) is 13.0 Å². The van der Waals surface area contributed by atoms with Gasteiger partial charge in [0.2, 0.25) is 0 Å². The molecular formula is C14H19F2NO2. The largest absolute Gasteiger partial charge is 0.465 e. The zero-order valence-electron chi connectivity index (χ0n) is 11.4. The van der Waals surface area contributed by atoms with E-state index >= 15 is 0 Å². The molecule has 1 aromatic carbocycles. The Morgan fingerprint density at radius 3 is 2.37 bits per heavy atom. The number of benzene rings is 1. The van der Waals surface area contributed by atoms with Gasteiger partial charge >= 0.3 is 5.97 Å². The summed E-state index contributed by atoms with van der Waals surface area (Å²) in [5.41, 5.74) is -0.291. The molecule has 0 heterocycles. The van der Waals surface area contributed by atoms with Crippen LogP contribution in [0, 0.1) is 11.6 Å². The molecule has 0 aliphatic rings. The molecule has 106 valence electrons. The Hall–Kier alpha value is -1.49. The number of carbonyl (C=O) groups is 1. The van der Waals surface area contributed by atoms with Gasteiger partial charge in [-0.05, 0) is 32.4 Å². The lowest BCUT2D eigenvalue weighted by atomic mass is 10.0. The van der Waals surface area contributed by atoms with Gasteiger partial charge in [0, 0.05) is 6.04 Å². The number of esters is 1. The van der Waals surface area contributed by atoms with Crippen molar-refractivity contribution in [2.24, 2.45) is 0 Å². The molecule has 0 aromatic heterocycles. The zero-order chi connectivity index (χ0) is 14.4. The first-order valence-corrected chi connectivity index (χ1v) is 6.37. The van der Waals surface area contributed by atoms with Crippen LogP contribution in [0.25, 0.3) is 0 Å². The summed E-state index contributed by atoms with van der Waals surface area (Å²) in [6.45, 7) is 5.56. The first-order valence-electron chi connectivity index (χ1n) is 6.37. The van der Waals surface area contributed by atoms with Crippen molar-refractivity contribution in [3.05, 3.63) is 35.4 Å². The topological polar surface area (TPSA) is 38.3 Å². The summed E-state index contributed by atoms with van der Waals surface area (Å²) in [4.78, 5) is 11.9. The second kappa shape index (κ2) is 7.19. The van der Waals surface area contributed by atoms with E-state index in [4.69, 9.17) is 4.74 Å². The predicted molar refractivity (Wildman–Crippen MR) is 68.6 cm³/mol. The predicted octanol–water partition coefficient (Wildman–Crippen LogP) is 2.96. The van der Waals surface area contributed by atoms with E-state index in [2.05, 4.69) is 5.32 Å². The Bertz CT molecular complexity index is 417. The van der Waals surface area contributed by atoms with Crippen molar-refractivity contribution in [2.45, 2.75) is 39.3 Å². The monoisotopic (exact) mass is 271 g/mol. The zero-order valence-corrected chi connectivity index (χ0v) is 11.4. The lowest BCUT2D eigenvalue weighted by Crippen LogP contribution is -2.37. The highest BCUT2D eigenvalue weighted by Gasteiger charge is 2.28. The number of rotatable bonds is 6. The second-order valence-electron chi connectivity index (χ2n) is 4.30. The molecule has 0 spiro atoms. The SMILES string of the molecule is CCOC(=O)C(NC(C)CC)c1c(F)cccc1F. The molecule has 1 aromatic rings. The van der Waals surface area contributed by atoms with Crippen molar-refractivity contribution in [1.29, 1.82) is 0 Å². The van der Waals surface area contributed by atoms with Crippen LogP contribution in [-0.2, 0) is 9.53 Å². The minimum atomic E-state index is -1.13. The Balaban J connectivity index is 3.11. The van der Waals surface area contributed by atoms with Gasteiger partial charge in [-0.15, -0.1) is 0 Å². The molecule has 19 heavy (non-hydrogen) atoms. The van der Waals surface area contributed by atoms with Crippen molar-refractivity contribution in [3.63, 3.8) is 0 Å². The number of carbonyl (C=O) groups excluding carboxylic acids is 1. The molecule has 0 amide bonds. The van der Waals surface area contributed by atoms with Crippen molar-refractivity contribution in [1.82, 2.24) is 5.32 Å². The molecule has 0 aliphatic heterocycles. The molecule has 1 rings (SSSR count). The van der Waals surface area contributed by atoms with Crippen LogP contribution in [0.2, 0.25) is 0 Å². The van der Waals surface area contributed by atoms with Gasteiger partial charge in [0.25, 0.3) is 0 Å². The highest BCUT2D eigenvalue weighted by atomic mass is 19.1. The number of nitrogens with one attached hydrogen (secondary N) is 1. The van der Waals surface area contributed by atoms with Crippen LogP contribution in [0.15, 0.2) is 18.2 Å². The molecule has 0 saturated heterocycles. The Morgan fingerprint density at radius 1 is 1.32 bits per heavy atom. The molecule has 3 nitrogen and oxygen atoms in total. The summed E-state index contributed by atoms with van der Waals surface area (Å²) in [5, 5.41) is 2.89. The van der Waals surface area contributed by atoms with Crippen molar-refractivity contribution in [3.8, 4) is 0 Å². The average Bonchev–Trinajstić information content (AvgIpc) is 2.37. The summed E-state index contributed by atoms with van der Waals surface area (Å²) in [7, 11) is 0. The van der Waals surface area contributed by atoms with E-state index in [1.807, 2.05) is 13.8 Å². The summed E-state index contributed by atoms with van der Waals surface area (Å²) < 4.78 is 32.4. The highest BCUT2D eigenvalue weighted by Crippen LogP contribution is 2.23. The molecule has 0 bridgehead atoms. The van der Waals surface area contributed by atoms with E-state index in [0.717, 1.165) is 18.6 Å². The third-order valence-electron chi connectivity index (χ3n) is 2.87. The smallest absolute Gasteiger partial charge is 0.328 e. The molecule has 0 aliphatic carbocycles. The number of ether oxygens (including phenoxy) is 1. The molecule has 2 unspecified atom stereocenters. The Morgan fingerprint density at radius 2 is 1.89 bits per heavy atom. The fourth-order valence-electron chi connectivity index (χ4n) is 1.68. The van der Waals surface area contributed by atoms with Gasteiger partial charge < -0.3 is 4.74 Å². The maximum absolute atomic E-state index is 13.8. The standard InChI is InChI=1S/C14H19F2NO2/c1-4-9(3)17-13(14(18)19-5-2)12-10(15)7-6-8-11(12)16/h6-9,13,17H,4-5H2,1-3H3. The van der Waals surface area contributed by atoms with Crippen LogP contribution >= 0.6 is 0 Å². The van der Waals surface area contributed by atoms with Crippen molar-refractivity contribution >= 4 is 5.97 Å². The van der Waals surface area contributed by atoms with Crippen LogP contribution < -0.4 is 5.32 Å². The third-order valence-corrected chi connectivity index (χ3v) is 2.87. The lowest BCUT2D eigenvalue weighted by Gasteiger charge is -2.22.